The third-order valence-corrected chi connectivity index (χ3v) is 5.75. The molecule has 3 heterocycles. The highest BCUT2D eigenvalue weighted by Gasteiger charge is 2.46. The molecule has 0 radical (unpaired) electrons. The SMILES string of the molecule is CCCCOc1cccc([C@@H]2C(C(=O)c3ccc(C)o3)=C(O)C(=O)N2c2nccs2)c1. The number of carbonyl (C=O) groups excluding carboxylic acids is 2. The number of thiazole rings is 1. The van der Waals surface area contributed by atoms with Gasteiger partial charge in [0.15, 0.2) is 16.7 Å². The van der Waals surface area contributed by atoms with Crippen LogP contribution >= 0.6 is 11.3 Å². The number of anilines is 1. The van der Waals surface area contributed by atoms with Gasteiger partial charge in [-0.2, -0.15) is 0 Å². The van der Waals surface area contributed by atoms with Gasteiger partial charge in [-0.3, -0.25) is 14.5 Å². The topological polar surface area (TPSA) is 92.9 Å². The highest BCUT2D eigenvalue weighted by atomic mass is 32.1. The van der Waals surface area contributed by atoms with Crippen LogP contribution in [-0.2, 0) is 4.79 Å². The molecule has 1 aromatic carbocycles. The smallest absolute Gasteiger partial charge is 0.296 e. The highest BCUT2D eigenvalue weighted by Crippen LogP contribution is 2.43. The summed E-state index contributed by atoms with van der Waals surface area (Å²) in [6.45, 7) is 4.37. The minimum absolute atomic E-state index is 0.0414. The number of nitrogens with zero attached hydrogens (tertiary/aromatic N) is 2. The van der Waals surface area contributed by atoms with Gasteiger partial charge in [-0.25, -0.2) is 4.98 Å². The van der Waals surface area contributed by atoms with Crippen molar-refractivity contribution in [2.75, 3.05) is 11.5 Å². The monoisotopic (exact) mass is 438 g/mol. The molecule has 4 rings (SSSR count). The summed E-state index contributed by atoms with van der Waals surface area (Å²) in [6, 6.07) is 9.55. The fourth-order valence-corrected chi connectivity index (χ4v) is 4.15. The maximum Gasteiger partial charge on any atom is 0.296 e. The predicted molar refractivity (Wildman–Crippen MR) is 117 cm³/mol. The lowest BCUT2D eigenvalue weighted by molar-refractivity contribution is -0.117. The number of carbonyl (C=O) groups is 2. The molecule has 7 nitrogen and oxygen atoms in total. The molecule has 2 aromatic heterocycles. The third kappa shape index (κ3) is 3.98. The summed E-state index contributed by atoms with van der Waals surface area (Å²) in [5.74, 6) is -0.564. The van der Waals surface area contributed by atoms with Crippen LogP contribution in [0.4, 0.5) is 5.13 Å². The second kappa shape index (κ2) is 8.77. The van der Waals surface area contributed by atoms with Gasteiger partial charge in [0.1, 0.15) is 11.5 Å². The number of aliphatic hydroxyl groups excluding tert-OH is 1. The average Bonchev–Trinajstić information content (AvgIpc) is 3.49. The van der Waals surface area contributed by atoms with Crippen LogP contribution in [0.5, 0.6) is 5.75 Å². The number of hydrogen-bond donors (Lipinski definition) is 1. The predicted octanol–water partition coefficient (Wildman–Crippen LogP) is 5.01. The number of aliphatic hydroxyl groups is 1. The molecule has 1 atom stereocenters. The van der Waals surface area contributed by atoms with Crippen LogP contribution < -0.4 is 9.64 Å². The Labute approximate surface area is 183 Å². The minimum Gasteiger partial charge on any atom is -0.503 e. The Morgan fingerprint density at radius 2 is 2.16 bits per heavy atom. The van der Waals surface area contributed by atoms with Crippen molar-refractivity contribution in [3.8, 4) is 5.75 Å². The largest absolute Gasteiger partial charge is 0.503 e. The molecule has 1 N–H and O–H groups in total. The van der Waals surface area contributed by atoms with E-state index in [1.807, 2.05) is 6.07 Å². The standard InChI is InChI=1S/C23H22N2O5S/c1-3-4-11-29-16-7-5-6-15(13-16)19-18(20(26)17-9-8-14(2)30-17)21(27)22(28)25(19)23-24-10-12-31-23/h5-10,12-13,19,27H,3-4,11H2,1-2H3/t19-/m1/s1. The molecule has 1 aliphatic rings. The molecule has 0 unspecified atom stereocenters. The Kier molecular flexibility index (Phi) is 5.90. The van der Waals surface area contributed by atoms with E-state index in [0.717, 1.165) is 12.8 Å². The van der Waals surface area contributed by atoms with Crippen LogP contribution in [0.2, 0.25) is 0 Å². The Morgan fingerprint density at radius 3 is 2.84 bits per heavy atom. The summed E-state index contributed by atoms with van der Waals surface area (Å²) in [6.07, 6.45) is 3.49. The Morgan fingerprint density at radius 1 is 1.32 bits per heavy atom. The highest BCUT2D eigenvalue weighted by molar-refractivity contribution is 7.13. The molecule has 160 valence electrons. The molecule has 0 saturated carbocycles. The maximum atomic E-state index is 13.3. The van der Waals surface area contributed by atoms with Crippen LogP contribution in [0.15, 0.2) is 63.7 Å². The molecule has 3 aromatic rings. The summed E-state index contributed by atoms with van der Waals surface area (Å²) in [5.41, 5.74) is 0.591. The summed E-state index contributed by atoms with van der Waals surface area (Å²) in [5, 5.41) is 12.8. The zero-order valence-corrected chi connectivity index (χ0v) is 18.0. The van der Waals surface area contributed by atoms with Crippen molar-refractivity contribution in [2.24, 2.45) is 0 Å². The molecule has 31 heavy (non-hydrogen) atoms. The number of aryl methyl sites for hydroxylation is 1. The van der Waals surface area contributed by atoms with Gasteiger partial charge >= 0.3 is 0 Å². The summed E-state index contributed by atoms with van der Waals surface area (Å²) >= 11 is 1.25. The lowest BCUT2D eigenvalue weighted by Gasteiger charge is -2.24. The van der Waals surface area contributed by atoms with Gasteiger partial charge < -0.3 is 14.3 Å². The molecule has 0 fully saturated rings. The minimum atomic E-state index is -0.855. The van der Waals surface area contributed by atoms with Crippen molar-refractivity contribution < 1.29 is 23.8 Å². The van der Waals surface area contributed by atoms with Gasteiger partial charge in [0, 0.05) is 11.6 Å². The van der Waals surface area contributed by atoms with Gasteiger partial charge in [0.25, 0.3) is 5.91 Å². The van der Waals surface area contributed by atoms with Crippen LogP contribution in [-0.4, -0.2) is 28.4 Å². The first kappa shape index (κ1) is 20.9. The summed E-state index contributed by atoms with van der Waals surface area (Å²) < 4.78 is 11.3. The molecule has 8 heteroatoms. The summed E-state index contributed by atoms with van der Waals surface area (Å²) in [7, 11) is 0. The number of ether oxygens (including phenoxy) is 1. The van der Waals surface area contributed by atoms with E-state index in [-0.39, 0.29) is 11.3 Å². The summed E-state index contributed by atoms with van der Waals surface area (Å²) in [4.78, 5) is 31.9. The van der Waals surface area contributed by atoms with E-state index in [9.17, 15) is 14.7 Å². The molecule has 0 saturated heterocycles. The van der Waals surface area contributed by atoms with E-state index in [0.29, 0.717) is 28.8 Å². The van der Waals surface area contributed by atoms with E-state index in [2.05, 4.69) is 11.9 Å². The fourth-order valence-electron chi connectivity index (χ4n) is 3.48. The first-order valence-electron chi connectivity index (χ1n) is 10.0. The van der Waals surface area contributed by atoms with E-state index < -0.39 is 23.5 Å². The second-order valence-corrected chi connectivity index (χ2v) is 8.04. The Hall–Kier alpha value is -3.39. The number of benzene rings is 1. The lowest BCUT2D eigenvalue weighted by Crippen LogP contribution is -2.30. The third-order valence-electron chi connectivity index (χ3n) is 4.98. The van der Waals surface area contributed by atoms with Crippen LogP contribution in [0.1, 0.15) is 47.7 Å². The number of amides is 1. The van der Waals surface area contributed by atoms with Crippen LogP contribution in [0.25, 0.3) is 0 Å². The number of rotatable bonds is 8. The quantitative estimate of drug-likeness (QED) is 0.393. The number of Topliss-reactive ketones (excluding diaryl/α,β-unsaturated/α-hetero) is 1. The first-order chi connectivity index (χ1) is 15.0. The van der Waals surface area contributed by atoms with Crippen molar-refractivity contribution in [3.63, 3.8) is 0 Å². The van der Waals surface area contributed by atoms with Crippen LogP contribution in [0, 0.1) is 6.92 Å². The zero-order chi connectivity index (χ0) is 22.0. The molecule has 0 bridgehead atoms. The first-order valence-corrected chi connectivity index (χ1v) is 10.9. The van der Waals surface area contributed by atoms with Crippen molar-refractivity contribution in [1.82, 2.24) is 4.98 Å². The van der Waals surface area contributed by atoms with E-state index in [1.165, 1.54) is 22.3 Å². The van der Waals surface area contributed by atoms with Crippen molar-refractivity contribution in [1.29, 1.82) is 0 Å². The number of furan rings is 1. The average molecular weight is 439 g/mol. The number of ketones is 1. The Balaban J connectivity index is 1.79. The lowest BCUT2D eigenvalue weighted by atomic mass is 9.95. The van der Waals surface area contributed by atoms with E-state index in [4.69, 9.17) is 9.15 Å². The molecule has 0 spiro atoms. The normalized spacial score (nSPS) is 16.3. The van der Waals surface area contributed by atoms with Gasteiger partial charge in [-0.05, 0) is 43.2 Å². The molecular formula is C23H22N2O5S. The maximum absolute atomic E-state index is 13.3. The van der Waals surface area contributed by atoms with Crippen LogP contribution in [0.3, 0.4) is 0 Å². The Bertz CT molecular complexity index is 1130. The second-order valence-electron chi connectivity index (χ2n) is 7.17. The zero-order valence-electron chi connectivity index (χ0n) is 17.2. The van der Waals surface area contributed by atoms with Gasteiger partial charge in [0.05, 0.1) is 18.2 Å². The molecule has 1 amide bonds. The number of unbranched alkanes of at least 4 members (excludes halogenated alkanes) is 1. The number of hydrogen-bond acceptors (Lipinski definition) is 7. The number of aromatic nitrogens is 1. The molecular weight excluding hydrogens is 416 g/mol. The van der Waals surface area contributed by atoms with Gasteiger partial charge in [-0.15, -0.1) is 11.3 Å². The van der Waals surface area contributed by atoms with Gasteiger partial charge in [0.2, 0.25) is 5.78 Å². The fraction of sp³-hybridized carbons (Fsp3) is 0.261. The van der Waals surface area contributed by atoms with E-state index in [1.54, 1.807) is 42.8 Å². The van der Waals surface area contributed by atoms with Crippen molar-refractivity contribution in [2.45, 2.75) is 32.7 Å². The van der Waals surface area contributed by atoms with Gasteiger partial charge in [-0.1, -0.05) is 25.5 Å². The van der Waals surface area contributed by atoms with E-state index >= 15 is 0 Å². The molecule has 0 aliphatic carbocycles. The molecule has 1 aliphatic heterocycles. The van der Waals surface area contributed by atoms with Crippen molar-refractivity contribution in [3.05, 3.63) is 76.4 Å². The van der Waals surface area contributed by atoms with Crippen molar-refractivity contribution >= 4 is 28.2 Å².